The summed E-state index contributed by atoms with van der Waals surface area (Å²) in [6.07, 6.45) is 0. The average molecular weight is 306 g/mol. The summed E-state index contributed by atoms with van der Waals surface area (Å²) >= 11 is 0. The van der Waals surface area contributed by atoms with Gasteiger partial charge in [-0.05, 0) is 38.0 Å². The SMILES string of the molecule is C=C(C)c1cccc(C(C)(C)NC(=O)N(CCO)CCO)c1. The summed E-state index contributed by atoms with van der Waals surface area (Å²) in [7, 11) is 0. The molecule has 5 nitrogen and oxygen atoms in total. The number of nitrogens with zero attached hydrogens (tertiary/aromatic N) is 1. The standard InChI is InChI=1S/C17H26N2O3/c1-13(2)14-6-5-7-15(12-14)17(3,4)18-16(22)19(8-10-20)9-11-21/h5-7,12,20-21H,1,8-11H2,2-4H3,(H,18,22). The summed E-state index contributed by atoms with van der Waals surface area (Å²) in [5.74, 6) is 0. The molecule has 1 rings (SSSR count). The van der Waals surface area contributed by atoms with E-state index >= 15 is 0 Å². The first-order chi connectivity index (χ1) is 10.3. The van der Waals surface area contributed by atoms with E-state index in [9.17, 15) is 4.79 Å². The average Bonchev–Trinajstić information content (AvgIpc) is 2.46. The predicted octanol–water partition coefficient (Wildman–Crippen LogP) is 1.95. The molecule has 2 amide bonds. The zero-order valence-corrected chi connectivity index (χ0v) is 13.6. The molecule has 0 aromatic heterocycles. The third kappa shape index (κ3) is 4.86. The van der Waals surface area contributed by atoms with E-state index < -0.39 is 5.54 Å². The van der Waals surface area contributed by atoms with E-state index in [1.165, 1.54) is 4.90 Å². The fraction of sp³-hybridized carbons (Fsp3) is 0.471. The highest BCUT2D eigenvalue weighted by Gasteiger charge is 2.25. The Morgan fingerprint density at radius 1 is 1.27 bits per heavy atom. The fourth-order valence-electron chi connectivity index (χ4n) is 2.15. The number of benzene rings is 1. The van der Waals surface area contributed by atoms with Crippen molar-refractivity contribution >= 4 is 11.6 Å². The summed E-state index contributed by atoms with van der Waals surface area (Å²) in [6.45, 7) is 9.80. The Bertz CT molecular complexity index is 520. The number of carbonyl (C=O) groups is 1. The van der Waals surface area contributed by atoms with Gasteiger partial charge in [0.1, 0.15) is 0 Å². The molecule has 1 aromatic carbocycles. The maximum atomic E-state index is 12.3. The number of urea groups is 1. The van der Waals surface area contributed by atoms with E-state index in [0.717, 1.165) is 16.7 Å². The Balaban J connectivity index is 2.91. The smallest absolute Gasteiger partial charge is 0.318 e. The highest BCUT2D eigenvalue weighted by Crippen LogP contribution is 2.23. The molecule has 0 saturated heterocycles. The van der Waals surface area contributed by atoms with Crippen LogP contribution in [0.3, 0.4) is 0 Å². The van der Waals surface area contributed by atoms with Crippen LogP contribution in [-0.2, 0) is 5.54 Å². The van der Waals surface area contributed by atoms with Gasteiger partial charge in [0.05, 0.1) is 18.8 Å². The Labute approximate surface area is 132 Å². The Kier molecular flexibility index (Phi) is 6.59. The van der Waals surface area contributed by atoms with Gasteiger partial charge < -0.3 is 20.4 Å². The second-order valence-corrected chi connectivity index (χ2v) is 5.85. The molecule has 0 fully saturated rings. The summed E-state index contributed by atoms with van der Waals surface area (Å²) in [5.41, 5.74) is 2.38. The number of rotatable bonds is 7. The number of aliphatic hydroxyl groups excluding tert-OH is 2. The third-order valence-electron chi connectivity index (χ3n) is 3.52. The second-order valence-electron chi connectivity index (χ2n) is 5.85. The molecule has 22 heavy (non-hydrogen) atoms. The molecule has 0 heterocycles. The lowest BCUT2D eigenvalue weighted by molar-refractivity contribution is 0.151. The summed E-state index contributed by atoms with van der Waals surface area (Å²) in [5, 5.41) is 21.0. The van der Waals surface area contributed by atoms with Crippen molar-refractivity contribution in [2.45, 2.75) is 26.3 Å². The maximum Gasteiger partial charge on any atom is 0.318 e. The van der Waals surface area contributed by atoms with Gasteiger partial charge in [0.2, 0.25) is 0 Å². The molecule has 0 aliphatic heterocycles. The molecule has 0 aliphatic rings. The molecular formula is C17H26N2O3. The van der Waals surface area contributed by atoms with Gasteiger partial charge in [0, 0.05) is 13.1 Å². The lowest BCUT2D eigenvalue weighted by Gasteiger charge is -2.31. The molecule has 0 radical (unpaired) electrons. The molecule has 0 bridgehead atoms. The largest absolute Gasteiger partial charge is 0.395 e. The van der Waals surface area contributed by atoms with Crippen molar-refractivity contribution in [3.05, 3.63) is 42.0 Å². The van der Waals surface area contributed by atoms with Gasteiger partial charge in [-0.25, -0.2) is 4.79 Å². The predicted molar refractivity (Wildman–Crippen MR) is 88.5 cm³/mol. The Morgan fingerprint density at radius 3 is 2.36 bits per heavy atom. The molecule has 3 N–H and O–H groups in total. The minimum Gasteiger partial charge on any atom is -0.395 e. The number of carbonyl (C=O) groups excluding carboxylic acids is 1. The van der Waals surface area contributed by atoms with Crippen LogP contribution in [-0.4, -0.2) is 47.4 Å². The first-order valence-corrected chi connectivity index (χ1v) is 7.37. The monoisotopic (exact) mass is 306 g/mol. The number of hydrogen-bond acceptors (Lipinski definition) is 3. The van der Waals surface area contributed by atoms with Crippen molar-refractivity contribution in [2.24, 2.45) is 0 Å². The summed E-state index contributed by atoms with van der Waals surface area (Å²) < 4.78 is 0. The highest BCUT2D eigenvalue weighted by molar-refractivity contribution is 5.75. The molecule has 5 heteroatoms. The van der Waals surface area contributed by atoms with E-state index in [0.29, 0.717) is 0 Å². The van der Waals surface area contributed by atoms with Gasteiger partial charge >= 0.3 is 6.03 Å². The molecule has 0 aliphatic carbocycles. The van der Waals surface area contributed by atoms with Gasteiger partial charge in [0.15, 0.2) is 0 Å². The van der Waals surface area contributed by atoms with Gasteiger partial charge in [-0.15, -0.1) is 0 Å². The van der Waals surface area contributed by atoms with Crippen LogP contribution in [0.25, 0.3) is 5.57 Å². The second kappa shape index (κ2) is 7.96. The summed E-state index contributed by atoms with van der Waals surface area (Å²) in [4.78, 5) is 13.7. The normalized spacial score (nSPS) is 11.1. The minimum atomic E-state index is -0.578. The Hall–Kier alpha value is -1.85. The van der Waals surface area contributed by atoms with Crippen LogP contribution < -0.4 is 5.32 Å². The van der Waals surface area contributed by atoms with Crippen molar-refractivity contribution in [3.8, 4) is 0 Å². The number of allylic oxidation sites excluding steroid dienone is 1. The number of aliphatic hydroxyl groups is 2. The van der Waals surface area contributed by atoms with E-state index in [4.69, 9.17) is 10.2 Å². The molecule has 0 atom stereocenters. The van der Waals surface area contributed by atoms with Crippen molar-refractivity contribution in [3.63, 3.8) is 0 Å². The summed E-state index contributed by atoms with van der Waals surface area (Å²) in [6, 6.07) is 7.56. The van der Waals surface area contributed by atoms with Gasteiger partial charge in [-0.3, -0.25) is 0 Å². The first kappa shape index (κ1) is 18.2. The molecule has 1 aromatic rings. The molecule has 122 valence electrons. The number of nitrogens with one attached hydrogen (secondary N) is 1. The van der Waals surface area contributed by atoms with E-state index in [1.807, 2.05) is 45.0 Å². The zero-order chi connectivity index (χ0) is 16.8. The van der Waals surface area contributed by atoms with Gasteiger partial charge in [-0.1, -0.05) is 30.4 Å². The lowest BCUT2D eigenvalue weighted by Crippen LogP contribution is -2.50. The number of amides is 2. The van der Waals surface area contributed by atoms with Crippen LogP contribution in [0.1, 0.15) is 31.9 Å². The van der Waals surface area contributed by atoms with Gasteiger partial charge in [-0.2, -0.15) is 0 Å². The molecule has 0 unspecified atom stereocenters. The maximum absolute atomic E-state index is 12.3. The van der Waals surface area contributed by atoms with Crippen LogP contribution in [0.4, 0.5) is 4.79 Å². The van der Waals surface area contributed by atoms with Gasteiger partial charge in [0.25, 0.3) is 0 Å². The first-order valence-electron chi connectivity index (χ1n) is 7.37. The van der Waals surface area contributed by atoms with E-state index in [2.05, 4.69) is 11.9 Å². The van der Waals surface area contributed by atoms with Crippen molar-refractivity contribution in [1.29, 1.82) is 0 Å². The number of hydrogen-bond donors (Lipinski definition) is 3. The van der Waals surface area contributed by atoms with E-state index in [1.54, 1.807) is 0 Å². The quantitative estimate of drug-likeness (QED) is 0.721. The lowest BCUT2D eigenvalue weighted by atomic mass is 9.92. The van der Waals surface area contributed by atoms with Crippen LogP contribution in [0.15, 0.2) is 30.8 Å². The van der Waals surface area contributed by atoms with Crippen LogP contribution >= 0.6 is 0 Å². The topological polar surface area (TPSA) is 72.8 Å². The van der Waals surface area contributed by atoms with E-state index in [-0.39, 0.29) is 32.3 Å². The van der Waals surface area contributed by atoms with Crippen LogP contribution in [0.5, 0.6) is 0 Å². The van der Waals surface area contributed by atoms with Crippen LogP contribution in [0, 0.1) is 0 Å². The highest BCUT2D eigenvalue weighted by atomic mass is 16.3. The third-order valence-corrected chi connectivity index (χ3v) is 3.52. The molecule has 0 saturated carbocycles. The Morgan fingerprint density at radius 2 is 1.86 bits per heavy atom. The zero-order valence-electron chi connectivity index (χ0n) is 13.6. The fourth-order valence-corrected chi connectivity index (χ4v) is 2.15. The van der Waals surface area contributed by atoms with Crippen molar-refractivity contribution < 1.29 is 15.0 Å². The van der Waals surface area contributed by atoms with Crippen molar-refractivity contribution in [1.82, 2.24) is 10.2 Å². The molecule has 0 spiro atoms. The minimum absolute atomic E-state index is 0.140. The molecular weight excluding hydrogens is 280 g/mol. The van der Waals surface area contributed by atoms with Crippen LogP contribution in [0.2, 0.25) is 0 Å². The van der Waals surface area contributed by atoms with Crippen molar-refractivity contribution in [2.75, 3.05) is 26.3 Å².